The number of allylic oxidation sites excluding steroid dienone is 4. The van der Waals surface area contributed by atoms with Crippen LogP contribution in [0.25, 0.3) is 0 Å². The van der Waals surface area contributed by atoms with Crippen LogP contribution in [-0.2, 0) is 19.1 Å². The molecule has 0 bridgehead atoms. The van der Waals surface area contributed by atoms with Gasteiger partial charge in [0.15, 0.2) is 11.6 Å². The third kappa shape index (κ3) is 8.95. The van der Waals surface area contributed by atoms with Gasteiger partial charge in [0.05, 0.1) is 6.61 Å². The molecule has 1 aliphatic rings. The van der Waals surface area contributed by atoms with Crippen LogP contribution in [0.2, 0.25) is 0 Å². The van der Waals surface area contributed by atoms with Crippen molar-refractivity contribution in [1.29, 1.82) is 0 Å². The molecular formula is C12H14O5. The van der Waals surface area contributed by atoms with Gasteiger partial charge in [-0.3, -0.25) is 9.59 Å². The van der Waals surface area contributed by atoms with Crippen molar-refractivity contribution in [3.63, 3.8) is 0 Å². The second kappa shape index (κ2) is 9.23. The van der Waals surface area contributed by atoms with E-state index in [-0.39, 0.29) is 24.8 Å². The lowest BCUT2D eigenvalue weighted by molar-refractivity contribution is -0.138. The Morgan fingerprint density at radius 1 is 1.24 bits per heavy atom. The van der Waals surface area contributed by atoms with Crippen LogP contribution in [0.4, 0.5) is 0 Å². The molecule has 0 aromatic rings. The largest absolute Gasteiger partial charge is 0.462 e. The third-order valence-corrected chi connectivity index (χ3v) is 1.54. The maximum Gasteiger partial charge on any atom is 0.330 e. The smallest absolute Gasteiger partial charge is 0.330 e. The summed E-state index contributed by atoms with van der Waals surface area (Å²) < 4.78 is 4.51. The number of aliphatic hydroxyl groups excluding tert-OH is 1. The van der Waals surface area contributed by atoms with Crippen LogP contribution in [-0.4, -0.2) is 35.9 Å². The minimum Gasteiger partial charge on any atom is -0.462 e. The summed E-state index contributed by atoms with van der Waals surface area (Å²) in [6.45, 7) is 3.51. The Morgan fingerprint density at radius 3 is 2.06 bits per heavy atom. The van der Waals surface area contributed by atoms with E-state index < -0.39 is 5.97 Å². The maximum absolute atomic E-state index is 10.3. The van der Waals surface area contributed by atoms with Crippen LogP contribution in [0.3, 0.4) is 0 Å². The number of ketones is 2. The van der Waals surface area contributed by atoms with Gasteiger partial charge in [-0.25, -0.2) is 4.79 Å². The second-order valence-corrected chi connectivity index (χ2v) is 2.92. The van der Waals surface area contributed by atoms with Crippen molar-refractivity contribution in [3.05, 3.63) is 37.0 Å². The SMILES string of the molecule is C=CC(=O)OCCCO.O=C1C=CC(=O)C=C1. The van der Waals surface area contributed by atoms with Gasteiger partial charge in [-0.2, -0.15) is 0 Å². The fourth-order valence-corrected chi connectivity index (χ4v) is 0.736. The van der Waals surface area contributed by atoms with Crippen LogP contribution in [0, 0.1) is 0 Å². The summed E-state index contributed by atoms with van der Waals surface area (Å²) in [5.41, 5.74) is 0. The first-order valence-corrected chi connectivity index (χ1v) is 4.94. The van der Waals surface area contributed by atoms with E-state index in [9.17, 15) is 14.4 Å². The van der Waals surface area contributed by atoms with Crippen LogP contribution < -0.4 is 0 Å². The highest BCUT2D eigenvalue weighted by Gasteiger charge is 1.97. The first-order chi connectivity index (χ1) is 8.10. The number of carbonyl (C=O) groups excluding carboxylic acids is 3. The van der Waals surface area contributed by atoms with Gasteiger partial charge < -0.3 is 9.84 Å². The van der Waals surface area contributed by atoms with Crippen molar-refractivity contribution < 1.29 is 24.2 Å². The normalized spacial score (nSPS) is 12.8. The summed E-state index contributed by atoms with van der Waals surface area (Å²) in [4.78, 5) is 30.8. The quantitative estimate of drug-likeness (QED) is 0.331. The molecule has 0 unspecified atom stereocenters. The molecule has 0 saturated heterocycles. The van der Waals surface area contributed by atoms with E-state index >= 15 is 0 Å². The van der Waals surface area contributed by atoms with E-state index in [1.165, 1.54) is 24.3 Å². The topological polar surface area (TPSA) is 80.7 Å². The molecule has 0 spiro atoms. The molecule has 0 amide bonds. The minimum absolute atomic E-state index is 0.0461. The lowest BCUT2D eigenvalue weighted by Crippen LogP contribution is -2.02. The Morgan fingerprint density at radius 2 is 1.71 bits per heavy atom. The number of esters is 1. The van der Waals surface area contributed by atoms with E-state index in [0.717, 1.165) is 6.08 Å². The van der Waals surface area contributed by atoms with Crippen molar-refractivity contribution in [3.8, 4) is 0 Å². The average Bonchev–Trinajstić information content (AvgIpc) is 2.34. The number of aliphatic hydroxyl groups is 1. The number of ether oxygens (including phenoxy) is 1. The highest BCUT2D eigenvalue weighted by Crippen LogP contribution is 1.90. The number of hydrogen-bond donors (Lipinski definition) is 1. The summed E-state index contributed by atoms with van der Waals surface area (Å²) in [7, 11) is 0. The van der Waals surface area contributed by atoms with Gasteiger partial charge in [0.1, 0.15) is 0 Å². The lowest BCUT2D eigenvalue weighted by atomic mass is 10.2. The number of carbonyl (C=O) groups is 3. The molecule has 92 valence electrons. The Hall–Kier alpha value is -2.01. The highest BCUT2D eigenvalue weighted by atomic mass is 16.5. The van der Waals surface area contributed by atoms with E-state index in [0.29, 0.717) is 6.42 Å². The first-order valence-electron chi connectivity index (χ1n) is 4.94. The molecule has 0 heterocycles. The van der Waals surface area contributed by atoms with Crippen molar-refractivity contribution in [2.75, 3.05) is 13.2 Å². The summed E-state index contributed by atoms with van der Waals surface area (Å²) >= 11 is 0. The second-order valence-electron chi connectivity index (χ2n) is 2.92. The Kier molecular flexibility index (Phi) is 8.14. The minimum atomic E-state index is -0.441. The molecule has 1 aliphatic carbocycles. The van der Waals surface area contributed by atoms with Gasteiger partial charge in [0.25, 0.3) is 0 Å². The third-order valence-electron chi connectivity index (χ3n) is 1.54. The van der Waals surface area contributed by atoms with E-state index in [4.69, 9.17) is 5.11 Å². The molecular weight excluding hydrogens is 224 g/mol. The zero-order chi connectivity index (χ0) is 13.1. The van der Waals surface area contributed by atoms with Crippen molar-refractivity contribution in [2.24, 2.45) is 0 Å². The zero-order valence-corrected chi connectivity index (χ0v) is 9.30. The summed E-state index contributed by atoms with van der Waals surface area (Å²) in [6, 6.07) is 0. The summed E-state index contributed by atoms with van der Waals surface area (Å²) in [5, 5.41) is 8.23. The zero-order valence-electron chi connectivity index (χ0n) is 9.30. The molecule has 5 heteroatoms. The molecule has 0 fully saturated rings. The fourth-order valence-electron chi connectivity index (χ4n) is 0.736. The Balaban J connectivity index is 0.000000302. The van der Waals surface area contributed by atoms with E-state index in [1.807, 2.05) is 0 Å². The van der Waals surface area contributed by atoms with E-state index in [2.05, 4.69) is 11.3 Å². The monoisotopic (exact) mass is 238 g/mol. The Bertz CT molecular complexity index is 314. The van der Waals surface area contributed by atoms with Gasteiger partial charge in [-0.15, -0.1) is 0 Å². The molecule has 0 atom stereocenters. The van der Waals surface area contributed by atoms with Gasteiger partial charge >= 0.3 is 5.97 Å². The highest BCUT2D eigenvalue weighted by molar-refractivity contribution is 6.14. The van der Waals surface area contributed by atoms with Gasteiger partial charge in [-0.1, -0.05) is 6.58 Å². The van der Waals surface area contributed by atoms with Gasteiger partial charge in [-0.05, 0) is 24.3 Å². The average molecular weight is 238 g/mol. The molecule has 1 N–H and O–H groups in total. The van der Waals surface area contributed by atoms with Gasteiger partial charge in [0.2, 0.25) is 0 Å². The standard InChI is InChI=1S/C6H10O3.C6H4O2/c1-2-6(8)9-5-3-4-7;7-5-1-2-6(8)4-3-5/h2,7H,1,3-5H2;1-4H. The lowest BCUT2D eigenvalue weighted by Gasteiger charge is -1.96. The van der Waals surface area contributed by atoms with Crippen LogP contribution >= 0.6 is 0 Å². The molecule has 17 heavy (non-hydrogen) atoms. The molecule has 5 nitrogen and oxygen atoms in total. The summed E-state index contributed by atoms with van der Waals surface area (Å²) in [5.74, 6) is -0.683. The Labute approximate surface area is 99.1 Å². The first kappa shape index (κ1) is 15.0. The predicted molar refractivity (Wildman–Crippen MR) is 61.2 cm³/mol. The van der Waals surface area contributed by atoms with Crippen molar-refractivity contribution >= 4 is 17.5 Å². The molecule has 0 aromatic carbocycles. The van der Waals surface area contributed by atoms with Gasteiger partial charge in [0, 0.05) is 19.1 Å². The van der Waals surface area contributed by atoms with E-state index in [1.54, 1.807) is 0 Å². The molecule has 0 aliphatic heterocycles. The maximum atomic E-state index is 10.3. The van der Waals surface area contributed by atoms with Crippen molar-refractivity contribution in [1.82, 2.24) is 0 Å². The van der Waals surface area contributed by atoms with Crippen molar-refractivity contribution in [2.45, 2.75) is 6.42 Å². The number of rotatable bonds is 4. The predicted octanol–water partition coefficient (Wildman–Crippen LogP) is 0.349. The molecule has 0 saturated carbocycles. The number of hydrogen-bond acceptors (Lipinski definition) is 5. The molecule has 1 rings (SSSR count). The van der Waals surface area contributed by atoms with Crippen LogP contribution in [0.15, 0.2) is 37.0 Å². The molecule has 0 aromatic heterocycles. The molecule has 0 radical (unpaired) electrons. The summed E-state index contributed by atoms with van der Waals surface area (Å²) in [6.07, 6.45) is 6.59. The fraction of sp³-hybridized carbons (Fsp3) is 0.250. The van der Waals surface area contributed by atoms with Crippen LogP contribution in [0.5, 0.6) is 0 Å². The van der Waals surface area contributed by atoms with Crippen LogP contribution in [0.1, 0.15) is 6.42 Å².